The van der Waals surface area contributed by atoms with Gasteiger partial charge in [-0.15, -0.1) is 0 Å². The standard InChI is InChI=1S/C28H31BrN4O6S/c1-20(27(35)30-28(2,3)4)31(18-21-9-8-10-22(29)17-21)26(34)19-32(23-13-15-24(16-14-23)33(36)37)40(38,39)25-11-6-5-7-12-25/h5-17,20H,18-19H2,1-4H3,(H,30,35). The lowest BCUT2D eigenvalue weighted by Crippen LogP contribution is -2.54. The van der Waals surface area contributed by atoms with Crippen LogP contribution < -0.4 is 9.62 Å². The van der Waals surface area contributed by atoms with Gasteiger partial charge < -0.3 is 10.2 Å². The predicted octanol–water partition coefficient (Wildman–Crippen LogP) is 4.88. The second-order valence-corrected chi connectivity index (χ2v) is 12.9. The van der Waals surface area contributed by atoms with Crippen molar-refractivity contribution < 1.29 is 22.9 Å². The van der Waals surface area contributed by atoms with Crippen molar-refractivity contribution in [3.8, 4) is 0 Å². The molecule has 0 saturated carbocycles. The maximum absolute atomic E-state index is 13.9. The minimum Gasteiger partial charge on any atom is -0.350 e. The number of nitrogens with zero attached hydrogens (tertiary/aromatic N) is 3. The lowest BCUT2D eigenvalue weighted by atomic mass is 10.1. The highest BCUT2D eigenvalue weighted by Gasteiger charge is 2.33. The molecule has 0 bridgehead atoms. The molecule has 0 aliphatic carbocycles. The zero-order valence-corrected chi connectivity index (χ0v) is 25.0. The molecule has 212 valence electrons. The number of rotatable bonds is 10. The molecule has 0 spiro atoms. The molecule has 40 heavy (non-hydrogen) atoms. The fourth-order valence-corrected chi connectivity index (χ4v) is 5.76. The van der Waals surface area contributed by atoms with Gasteiger partial charge in [0, 0.05) is 28.7 Å². The molecule has 1 N–H and O–H groups in total. The monoisotopic (exact) mass is 630 g/mol. The van der Waals surface area contributed by atoms with Crippen LogP contribution in [-0.2, 0) is 26.2 Å². The summed E-state index contributed by atoms with van der Waals surface area (Å²) in [5, 5.41) is 14.0. The Morgan fingerprint density at radius 2 is 1.62 bits per heavy atom. The van der Waals surface area contributed by atoms with E-state index in [9.17, 15) is 28.1 Å². The topological polar surface area (TPSA) is 130 Å². The maximum atomic E-state index is 13.9. The highest BCUT2D eigenvalue weighted by molar-refractivity contribution is 9.10. The van der Waals surface area contributed by atoms with Gasteiger partial charge >= 0.3 is 0 Å². The normalized spacial score (nSPS) is 12.3. The van der Waals surface area contributed by atoms with Crippen LogP contribution in [0.25, 0.3) is 0 Å². The van der Waals surface area contributed by atoms with Crippen LogP contribution in [-0.4, -0.2) is 48.2 Å². The first-order valence-electron chi connectivity index (χ1n) is 12.4. The predicted molar refractivity (Wildman–Crippen MR) is 156 cm³/mol. The summed E-state index contributed by atoms with van der Waals surface area (Å²) in [4.78, 5) is 38.9. The Kier molecular flexibility index (Phi) is 9.69. The number of nitro groups is 1. The van der Waals surface area contributed by atoms with Gasteiger partial charge in [0.05, 0.1) is 15.5 Å². The number of hydrogen-bond acceptors (Lipinski definition) is 6. The van der Waals surface area contributed by atoms with Crippen molar-refractivity contribution in [2.24, 2.45) is 0 Å². The third-order valence-corrected chi connectivity index (χ3v) is 8.15. The molecule has 0 heterocycles. The van der Waals surface area contributed by atoms with Crippen LogP contribution in [0.5, 0.6) is 0 Å². The number of carbonyl (C=O) groups excluding carboxylic acids is 2. The SMILES string of the molecule is CC(C(=O)NC(C)(C)C)N(Cc1cccc(Br)c1)C(=O)CN(c1ccc([N+](=O)[O-])cc1)S(=O)(=O)c1ccccc1. The molecule has 1 unspecified atom stereocenters. The lowest BCUT2D eigenvalue weighted by Gasteiger charge is -2.33. The van der Waals surface area contributed by atoms with Crippen molar-refractivity contribution in [2.45, 2.75) is 50.7 Å². The Bertz CT molecular complexity index is 1470. The molecule has 3 aromatic rings. The third kappa shape index (κ3) is 7.89. The summed E-state index contributed by atoms with van der Waals surface area (Å²) in [6, 6.07) is 18.8. The Morgan fingerprint density at radius 1 is 1.00 bits per heavy atom. The van der Waals surface area contributed by atoms with Gasteiger partial charge in [0.25, 0.3) is 15.7 Å². The van der Waals surface area contributed by atoms with Gasteiger partial charge in [-0.05, 0) is 69.7 Å². The van der Waals surface area contributed by atoms with Crippen LogP contribution in [0.3, 0.4) is 0 Å². The van der Waals surface area contributed by atoms with E-state index in [1.54, 1.807) is 37.3 Å². The van der Waals surface area contributed by atoms with E-state index < -0.39 is 44.9 Å². The number of benzene rings is 3. The molecule has 0 saturated heterocycles. The third-order valence-electron chi connectivity index (χ3n) is 5.87. The first kappa shape index (κ1) is 30.8. The van der Waals surface area contributed by atoms with Crippen molar-refractivity contribution in [1.82, 2.24) is 10.2 Å². The number of carbonyl (C=O) groups is 2. The number of nitrogens with one attached hydrogen (secondary N) is 1. The fourth-order valence-electron chi connectivity index (χ4n) is 3.88. The quantitative estimate of drug-likeness (QED) is 0.251. The second-order valence-electron chi connectivity index (χ2n) is 10.2. The second kappa shape index (κ2) is 12.6. The zero-order chi connectivity index (χ0) is 29.7. The van der Waals surface area contributed by atoms with Crippen molar-refractivity contribution in [3.63, 3.8) is 0 Å². The summed E-state index contributed by atoms with van der Waals surface area (Å²) in [5.41, 5.74) is 0.0101. The molecule has 3 rings (SSSR count). The van der Waals surface area contributed by atoms with E-state index in [2.05, 4.69) is 21.2 Å². The largest absolute Gasteiger partial charge is 0.350 e. The number of non-ortho nitro benzene ring substituents is 1. The van der Waals surface area contributed by atoms with E-state index in [0.717, 1.165) is 14.3 Å². The van der Waals surface area contributed by atoms with E-state index in [-0.39, 0.29) is 22.8 Å². The van der Waals surface area contributed by atoms with E-state index >= 15 is 0 Å². The highest BCUT2D eigenvalue weighted by Crippen LogP contribution is 2.26. The summed E-state index contributed by atoms with van der Waals surface area (Å²) in [7, 11) is -4.26. The number of nitro benzene ring substituents is 1. The Hall–Kier alpha value is -3.77. The van der Waals surface area contributed by atoms with E-state index in [4.69, 9.17) is 0 Å². The Balaban J connectivity index is 2.05. The molecule has 12 heteroatoms. The van der Waals surface area contributed by atoms with Crippen LogP contribution in [0, 0.1) is 10.1 Å². The van der Waals surface area contributed by atoms with E-state index in [1.807, 2.05) is 32.9 Å². The van der Waals surface area contributed by atoms with Gasteiger partial charge in [-0.25, -0.2) is 8.42 Å². The summed E-state index contributed by atoms with van der Waals surface area (Å²) in [5.74, 6) is -1.03. The first-order valence-corrected chi connectivity index (χ1v) is 14.6. The van der Waals surface area contributed by atoms with Crippen molar-refractivity contribution in [3.05, 3.63) is 99.0 Å². The molecule has 2 amide bonds. The van der Waals surface area contributed by atoms with Crippen LogP contribution >= 0.6 is 15.9 Å². The minimum atomic E-state index is -4.26. The Labute approximate surface area is 242 Å². The van der Waals surface area contributed by atoms with Crippen LogP contribution in [0.1, 0.15) is 33.3 Å². The lowest BCUT2D eigenvalue weighted by molar-refractivity contribution is -0.384. The first-order chi connectivity index (χ1) is 18.7. The smallest absolute Gasteiger partial charge is 0.269 e. The molecule has 10 nitrogen and oxygen atoms in total. The number of amides is 2. The maximum Gasteiger partial charge on any atom is 0.269 e. The van der Waals surface area contributed by atoms with E-state index in [1.165, 1.54) is 41.3 Å². The van der Waals surface area contributed by atoms with Gasteiger partial charge in [-0.3, -0.25) is 24.0 Å². The highest BCUT2D eigenvalue weighted by atomic mass is 79.9. The van der Waals surface area contributed by atoms with Gasteiger partial charge in [0.2, 0.25) is 11.8 Å². The molecule has 3 aromatic carbocycles. The molecule has 0 radical (unpaired) electrons. The molecule has 0 fully saturated rings. The summed E-state index contributed by atoms with van der Waals surface area (Å²) in [6.45, 7) is 6.44. The van der Waals surface area contributed by atoms with Crippen LogP contribution in [0.4, 0.5) is 11.4 Å². The molecular formula is C28H31BrN4O6S. The average Bonchev–Trinajstić information content (AvgIpc) is 2.89. The van der Waals surface area contributed by atoms with Crippen molar-refractivity contribution in [1.29, 1.82) is 0 Å². The number of hydrogen-bond donors (Lipinski definition) is 1. The molecule has 0 aliphatic heterocycles. The summed E-state index contributed by atoms with van der Waals surface area (Å²) >= 11 is 3.42. The molecule has 1 atom stereocenters. The number of anilines is 1. The zero-order valence-electron chi connectivity index (χ0n) is 22.6. The molecular weight excluding hydrogens is 600 g/mol. The summed E-state index contributed by atoms with van der Waals surface area (Å²) in [6.07, 6.45) is 0. The minimum absolute atomic E-state index is 0.0382. The molecule has 0 aromatic heterocycles. The fraction of sp³-hybridized carbons (Fsp3) is 0.286. The van der Waals surface area contributed by atoms with Crippen molar-refractivity contribution >= 4 is 49.1 Å². The van der Waals surface area contributed by atoms with Gasteiger partial charge in [-0.1, -0.05) is 46.3 Å². The van der Waals surface area contributed by atoms with Crippen LogP contribution in [0.15, 0.2) is 88.2 Å². The number of sulfonamides is 1. The van der Waals surface area contributed by atoms with Crippen molar-refractivity contribution in [2.75, 3.05) is 10.8 Å². The van der Waals surface area contributed by atoms with Gasteiger partial charge in [0.15, 0.2) is 0 Å². The summed E-state index contributed by atoms with van der Waals surface area (Å²) < 4.78 is 29.2. The van der Waals surface area contributed by atoms with E-state index in [0.29, 0.717) is 0 Å². The number of halogens is 1. The molecule has 0 aliphatic rings. The average molecular weight is 632 g/mol. The van der Waals surface area contributed by atoms with Gasteiger partial charge in [-0.2, -0.15) is 0 Å². The Morgan fingerprint density at radius 3 is 2.17 bits per heavy atom. The van der Waals surface area contributed by atoms with Gasteiger partial charge in [0.1, 0.15) is 12.6 Å². The van der Waals surface area contributed by atoms with Crippen LogP contribution in [0.2, 0.25) is 0 Å².